The predicted octanol–water partition coefficient (Wildman–Crippen LogP) is 3.20. The van der Waals surface area contributed by atoms with Gasteiger partial charge < -0.3 is 10.4 Å². The number of aliphatic hydroxyl groups is 1. The highest BCUT2D eigenvalue weighted by atomic mass is 127. The van der Waals surface area contributed by atoms with Crippen molar-refractivity contribution in [3.05, 3.63) is 26.8 Å². The molecule has 0 saturated heterocycles. The molecule has 0 radical (unpaired) electrons. The average Bonchev–Trinajstić information content (AvgIpc) is 2.23. The SMILES string of the molecule is C[C@@](O)(C(=O)Nc1cccc(I)c1Cl)C(F)(F)F. The van der Waals surface area contributed by atoms with Crippen molar-refractivity contribution in [1.29, 1.82) is 0 Å². The summed E-state index contributed by atoms with van der Waals surface area (Å²) < 4.78 is 37.8. The third-order valence-electron chi connectivity index (χ3n) is 2.19. The van der Waals surface area contributed by atoms with Crippen LogP contribution in [0.5, 0.6) is 0 Å². The van der Waals surface area contributed by atoms with Gasteiger partial charge in [0.1, 0.15) is 0 Å². The van der Waals surface area contributed by atoms with Gasteiger partial charge in [0.25, 0.3) is 5.91 Å². The third-order valence-corrected chi connectivity index (χ3v) is 3.82. The molecule has 1 amide bonds. The number of alkyl halides is 3. The first-order chi connectivity index (χ1) is 8.07. The molecule has 2 N–H and O–H groups in total. The molecule has 0 bridgehead atoms. The number of amides is 1. The van der Waals surface area contributed by atoms with Crippen molar-refractivity contribution in [2.45, 2.75) is 18.7 Å². The van der Waals surface area contributed by atoms with Crippen LogP contribution in [-0.4, -0.2) is 22.8 Å². The molecule has 0 aromatic heterocycles. The van der Waals surface area contributed by atoms with E-state index in [-0.39, 0.29) is 10.7 Å². The molecule has 1 atom stereocenters. The van der Waals surface area contributed by atoms with E-state index >= 15 is 0 Å². The van der Waals surface area contributed by atoms with Crippen molar-refractivity contribution in [2.75, 3.05) is 5.32 Å². The normalized spacial score (nSPS) is 15.1. The molecule has 0 aliphatic rings. The first kappa shape index (κ1) is 15.5. The van der Waals surface area contributed by atoms with Crippen LogP contribution in [0, 0.1) is 3.57 Å². The van der Waals surface area contributed by atoms with Crippen LogP contribution in [0.4, 0.5) is 18.9 Å². The van der Waals surface area contributed by atoms with Crippen LogP contribution in [0.15, 0.2) is 18.2 Å². The number of anilines is 1. The maximum absolute atomic E-state index is 12.4. The first-order valence-electron chi connectivity index (χ1n) is 4.62. The van der Waals surface area contributed by atoms with Gasteiger partial charge in [0.2, 0.25) is 5.60 Å². The average molecular weight is 394 g/mol. The zero-order chi connectivity index (χ0) is 14.1. The van der Waals surface area contributed by atoms with E-state index in [2.05, 4.69) is 0 Å². The lowest BCUT2D eigenvalue weighted by Crippen LogP contribution is -2.52. The molecule has 0 unspecified atom stereocenters. The molecule has 8 heteroatoms. The van der Waals surface area contributed by atoms with Gasteiger partial charge in [-0.3, -0.25) is 4.79 Å². The predicted molar refractivity (Wildman–Crippen MR) is 69.5 cm³/mol. The number of rotatable bonds is 2. The molecule has 18 heavy (non-hydrogen) atoms. The topological polar surface area (TPSA) is 49.3 Å². The van der Waals surface area contributed by atoms with Crippen molar-refractivity contribution in [3.8, 4) is 0 Å². The van der Waals surface area contributed by atoms with Gasteiger partial charge in [-0.2, -0.15) is 13.2 Å². The maximum atomic E-state index is 12.4. The van der Waals surface area contributed by atoms with Crippen LogP contribution in [-0.2, 0) is 4.79 Å². The van der Waals surface area contributed by atoms with E-state index in [1.807, 2.05) is 27.9 Å². The van der Waals surface area contributed by atoms with Crippen LogP contribution in [0.2, 0.25) is 5.02 Å². The lowest BCUT2D eigenvalue weighted by molar-refractivity contribution is -0.242. The minimum absolute atomic E-state index is 0.0121. The minimum Gasteiger partial charge on any atom is -0.373 e. The minimum atomic E-state index is -5.06. The smallest absolute Gasteiger partial charge is 0.373 e. The van der Waals surface area contributed by atoms with Crippen LogP contribution < -0.4 is 5.32 Å². The summed E-state index contributed by atoms with van der Waals surface area (Å²) in [4.78, 5) is 11.4. The zero-order valence-electron chi connectivity index (χ0n) is 8.98. The highest BCUT2D eigenvalue weighted by molar-refractivity contribution is 14.1. The van der Waals surface area contributed by atoms with E-state index in [0.29, 0.717) is 10.5 Å². The second-order valence-corrected chi connectivity index (χ2v) is 5.17. The van der Waals surface area contributed by atoms with Gasteiger partial charge >= 0.3 is 6.18 Å². The van der Waals surface area contributed by atoms with Gasteiger partial charge in [-0.15, -0.1) is 0 Å². The number of benzene rings is 1. The lowest BCUT2D eigenvalue weighted by atomic mass is 10.1. The van der Waals surface area contributed by atoms with Crippen molar-refractivity contribution >= 4 is 45.8 Å². The van der Waals surface area contributed by atoms with Gasteiger partial charge in [0.15, 0.2) is 0 Å². The largest absolute Gasteiger partial charge is 0.426 e. The molecule has 0 heterocycles. The molecule has 0 aliphatic heterocycles. The second kappa shape index (κ2) is 5.22. The Kier molecular flexibility index (Phi) is 4.50. The Hall–Kier alpha value is -0.540. The molecule has 3 nitrogen and oxygen atoms in total. The van der Waals surface area contributed by atoms with Gasteiger partial charge in [-0.25, -0.2) is 0 Å². The van der Waals surface area contributed by atoms with Gasteiger partial charge in [0.05, 0.1) is 10.7 Å². The molecule has 0 aliphatic carbocycles. The summed E-state index contributed by atoms with van der Waals surface area (Å²) in [6.07, 6.45) is -5.06. The fraction of sp³-hybridized carbons (Fsp3) is 0.300. The molecule has 1 aromatic carbocycles. The quantitative estimate of drug-likeness (QED) is 0.758. The van der Waals surface area contributed by atoms with Gasteiger partial charge in [-0.1, -0.05) is 17.7 Å². The number of hydrogen-bond acceptors (Lipinski definition) is 2. The number of carbonyl (C=O) groups is 1. The Morgan fingerprint density at radius 3 is 2.50 bits per heavy atom. The fourth-order valence-electron chi connectivity index (χ4n) is 0.973. The molecule has 1 aromatic rings. The van der Waals surface area contributed by atoms with Gasteiger partial charge in [0, 0.05) is 3.57 Å². The van der Waals surface area contributed by atoms with Crippen LogP contribution in [0.25, 0.3) is 0 Å². The standard InChI is InChI=1S/C10H8ClF3INO2/c1-9(18,10(12,13)14)8(17)16-6-4-2-3-5(15)7(6)11/h2-4,18H,1H3,(H,16,17)/t9-/m1/s1. The highest BCUT2D eigenvalue weighted by Gasteiger charge is 2.55. The number of nitrogens with one attached hydrogen (secondary N) is 1. The molecular weight excluding hydrogens is 385 g/mol. The van der Waals surface area contributed by atoms with Crippen molar-refractivity contribution in [1.82, 2.24) is 0 Å². The van der Waals surface area contributed by atoms with Crippen LogP contribution >= 0.6 is 34.2 Å². The second-order valence-electron chi connectivity index (χ2n) is 3.63. The van der Waals surface area contributed by atoms with E-state index in [4.69, 9.17) is 16.7 Å². The first-order valence-corrected chi connectivity index (χ1v) is 6.07. The number of halogens is 5. The zero-order valence-corrected chi connectivity index (χ0v) is 11.9. The molecule has 100 valence electrons. The van der Waals surface area contributed by atoms with E-state index in [1.54, 1.807) is 6.07 Å². The molecule has 0 fully saturated rings. The van der Waals surface area contributed by atoms with Crippen LogP contribution in [0.1, 0.15) is 6.92 Å². The number of hydrogen-bond donors (Lipinski definition) is 2. The molecule has 0 saturated carbocycles. The fourth-order valence-corrected chi connectivity index (χ4v) is 1.64. The summed E-state index contributed by atoms with van der Waals surface area (Å²) in [5.41, 5.74) is -3.46. The van der Waals surface area contributed by atoms with Crippen molar-refractivity contribution in [2.24, 2.45) is 0 Å². The summed E-state index contributed by atoms with van der Waals surface area (Å²) in [7, 11) is 0. The van der Waals surface area contributed by atoms with Gasteiger partial charge in [-0.05, 0) is 41.6 Å². The molecule has 1 rings (SSSR count). The highest BCUT2D eigenvalue weighted by Crippen LogP contribution is 2.33. The lowest BCUT2D eigenvalue weighted by Gasteiger charge is -2.25. The van der Waals surface area contributed by atoms with E-state index in [9.17, 15) is 18.0 Å². The Morgan fingerprint density at radius 1 is 1.44 bits per heavy atom. The van der Waals surface area contributed by atoms with Crippen molar-refractivity contribution in [3.63, 3.8) is 0 Å². The summed E-state index contributed by atoms with van der Waals surface area (Å²) >= 11 is 7.68. The van der Waals surface area contributed by atoms with E-state index in [1.165, 1.54) is 12.1 Å². The monoisotopic (exact) mass is 393 g/mol. The Labute approximate surface area is 119 Å². The maximum Gasteiger partial charge on any atom is 0.426 e. The Balaban J connectivity index is 2.99. The summed E-state index contributed by atoms with van der Waals surface area (Å²) in [6.45, 7) is 0.379. The van der Waals surface area contributed by atoms with Crippen molar-refractivity contribution < 1.29 is 23.1 Å². The molecule has 0 spiro atoms. The molecular formula is C10H8ClF3INO2. The Bertz CT molecular complexity index is 477. The summed E-state index contributed by atoms with van der Waals surface area (Å²) in [5, 5.41) is 11.2. The Morgan fingerprint density at radius 2 is 2.00 bits per heavy atom. The van der Waals surface area contributed by atoms with E-state index < -0.39 is 17.7 Å². The number of carbonyl (C=O) groups excluding carboxylic acids is 1. The summed E-state index contributed by atoms with van der Waals surface area (Å²) in [6, 6.07) is 4.49. The van der Waals surface area contributed by atoms with Crippen LogP contribution in [0.3, 0.4) is 0 Å². The third kappa shape index (κ3) is 3.07. The van der Waals surface area contributed by atoms with E-state index in [0.717, 1.165) is 0 Å². The summed E-state index contributed by atoms with van der Waals surface area (Å²) in [5.74, 6) is -1.58.